The summed E-state index contributed by atoms with van der Waals surface area (Å²) in [6.07, 6.45) is 6.02. The molecule has 1 aromatic rings. The maximum atomic E-state index is 10.7. The van der Waals surface area contributed by atoms with Gasteiger partial charge in [-0.2, -0.15) is 5.26 Å². The van der Waals surface area contributed by atoms with E-state index in [0.29, 0.717) is 12.8 Å². The molecule has 0 saturated heterocycles. The molecular formula is C19H25NO3. The molecule has 1 aliphatic carbocycles. The Bertz CT molecular complexity index is 599. The van der Waals surface area contributed by atoms with Crippen LogP contribution in [-0.2, 0) is 10.2 Å². The fourth-order valence-electron chi connectivity index (χ4n) is 3.11. The van der Waals surface area contributed by atoms with Gasteiger partial charge in [-0.3, -0.25) is 4.79 Å². The summed E-state index contributed by atoms with van der Waals surface area (Å²) < 4.78 is 6.13. The van der Waals surface area contributed by atoms with E-state index in [2.05, 4.69) is 6.07 Å². The maximum Gasteiger partial charge on any atom is 0.303 e. The first kappa shape index (κ1) is 17.3. The number of carboxylic acids is 1. The molecule has 2 rings (SSSR count). The predicted octanol–water partition coefficient (Wildman–Crippen LogP) is 4.35. The Kier molecular flexibility index (Phi) is 5.65. The summed E-state index contributed by atoms with van der Waals surface area (Å²) in [6.45, 7) is 3.89. The first-order valence-corrected chi connectivity index (χ1v) is 8.35. The monoisotopic (exact) mass is 315 g/mol. The lowest BCUT2D eigenvalue weighted by Crippen LogP contribution is -2.20. The van der Waals surface area contributed by atoms with Gasteiger partial charge in [0, 0.05) is 6.42 Å². The number of benzene rings is 1. The Hall–Kier alpha value is -2.02. The maximum absolute atomic E-state index is 10.7. The van der Waals surface area contributed by atoms with Gasteiger partial charge < -0.3 is 9.84 Å². The van der Waals surface area contributed by atoms with Crippen LogP contribution in [0.2, 0.25) is 0 Å². The molecule has 23 heavy (non-hydrogen) atoms. The third kappa shape index (κ3) is 4.48. The number of hydrogen-bond acceptors (Lipinski definition) is 3. The fraction of sp³-hybridized carbons (Fsp3) is 0.579. The SMILES string of the molecule is Cc1ccc(C(C)(C#N)CCCC(=O)O)cc1OC1CCCC1. The van der Waals surface area contributed by atoms with Crippen molar-refractivity contribution in [2.24, 2.45) is 0 Å². The third-order valence-corrected chi connectivity index (χ3v) is 4.74. The molecule has 1 aromatic carbocycles. The van der Waals surface area contributed by atoms with Crippen LogP contribution in [0, 0.1) is 18.3 Å². The lowest BCUT2D eigenvalue weighted by Gasteiger charge is -2.24. The van der Waals surface area contributed by atoms with E-state index in [0.717, 1.165) is 29.7 Å². The highest BCUT2D eigenvalue weighted by atomic mass is 16.5. The molecule has 124 valence electrons. The van der Waals surface area contributed by atoms with Crippen molar-refractivity contribution in [1.82, 2.24) is 0 Å². The summed E-state index contributed by atoms with van der Waals surface area (Å²) >= 11 is 0. The van der Waals surface area contributed by atoms with E-state index in [1.54, 1.807) is 0 Å². The van der Waals surface area contributed by atoms with Gasteiger partial charge in [0.25, 0.3) is 0 Å². The van der Waals surface area contributed by atoms with Crippen LogP contribution >= 0.6 is 0 Å². The summed E-state index contributed by atoms with van der Waals surface area (Å²) in [5, 5.41) is 18.4. The van der Waals surface area contributed by atoms with Crippen molar-refractivity contribution in [3.8, 4) is 11.8 Å². The average molecular weight is 315 g/mol. The summed E-state index contributed by atoms with van der Waals surface area (Å²) in [4.78, 5) is 10.7. The number of ether oxygens (including phenoxy) is 1. The van der Waals surface area contributed by atoms with Crippen molar-refractivity contribution in [3.05, 3.63) is 29.3 Å². The van der Waals surface area contributed by atoms with E-state index in [1.165, 1.54) is 12.8 Å². The second kappa shape index (κ2) is 7.50. The number of aliphatic carboxylic acids is 1. The van der Waals surface area contributed by atoms with Crippen LogP contribution in [0.1, 0.15) is 63.0 Å². The summed E-state index contributed by atoms with van der Waals surface area (Å²) in [5.74, 6) is 0.0357. The molecular weight excluding hydrogens is 290 g/mol. The van der Waals surface area contributed by atoms with Gasteiger partial charge in [0.15, 0.2) is 0 Å². The second-order valence-corrected chi connectivity index (χ2v) is 6.70. The van der Waals surface area contributed by atoms with Crippen LogP contribution in [0.4, 0.5) is 0 Å². The molecule has 1 saturated carbocycles. The molecule has 4 nitrogen and oxygen atoms in total. The van der Waals surface area contributed by atoms with Crippen LogP contribution in [0.3, 0.4) is 0 Å². The molecule has 1 unspecified atom stereocenters. The summed E-state index contributed by atoms with van der Waals surface area (Å²) in [7, 11) is 0. The first-order chi connectivity index (χ1) is 10.9. The van der Waals surface area contributed by atoms with Crippen LogP contribution in [0.15, 0.2) is 18.2 Å². The van der Waals surface area contributed by atoms with E-state index in [-0.39, 0.29) is 12.5 Å². The molecule has 0 aliphatic heterocycles. The van der Waals surface area contributed by atoms with Gasteiger partial charge >= 0.3 is 5.97 Å². The van der Waals surface area contributed by atoms with Gasteiger partial charge in [-0.05, 0) is 69.6 Å². The summed E-state index contributed by atoms with van der Waals surface area (Å²) in [6, 6.07) is 8.28. The zero-order valence-corrected chi connectivity index (χ0v) is 14.0. The minimum atomic E-state index is -0.820. The average Bonchev–Trinajstić information content (AvgIpc) is 3.02. The second-order valence-electron chi connectivity index (χ2n) is 6.70. The highest BCUT2D eigenvalue weighted by molar-refractivity contribution is 5.66. The number of carbonyl (C=O) groups is 1. The Labute approximate surface area is 138 Å². The lowest BCUT2D eigenvalue weighted by molar-refractivity contribution is -0.137. The highest BCUT2D eigenvalue weighted by Gasteiger charge is 2.27. The quantitative estimate of drug-likeness (QED) is 0.812. The number of rotatable bonds is 7. The number of nitriles is 1. The van der Waals surface area contributed by atoms with E-state index >= 15 is 0 Å². The molecule has 4 heteroatoms. The Morgan fingerprint density at radius 2 is 2.13 bits per heavy atom. The smallest absolute Gasteiger partial charge is 0.303 e. The van der Waals surface area contributed by atoms with Crippen LogP contribution < -0.4 is 4.74 Å². The standard InChI is InChI=1S/C19H25NO3/c1-14-9-10-15(12-17(14)23-16-6-3-4-7-16)19(2,13-20)11-5-8-18(21)22/h9-10,12,16H,3-8,11H2,1-2H3,(H,21,22). The van der Waals surface area contributed by atoms with Crippen molar-refractivity contribution in [2.75, 3.05) is 0 Å². The number of aryl methyl sites for hydroxylation is 1. The first-order valence-electron chi connectivity index (χ1n) is 8.35. The zero-order valence-electron chi connectivity index (χ0n) is 14.0. The van der Waals surface area contributed by atoms with Gasteiger partial charge in [0.1, 0.15) is 5.75 Å². The van der Waals surface area contributed by atoms with Crippen molar-refractivity contribution < 1.29 is 14.6 Å². The normalized spacial score (nSPS) is 17.4. The Balaban J connectivity index is 2.16. The fourth-order valence-corrected chi connectivity index (χ4v) is 3.11. The van der Waals surface area contributed by atoms with Crippen molar-refractivity contribution >= 4 is 5.97 Å². The van der Waals surface area contributed by atoms with Crippen LogP contribution in [-0.4, -0.2) is 17.2 Å². The lowest BCUT2D eigenvalue weighted by atomic mass is 9.79. The van der Waals surface area contributed by atoms with E-state index in [1.807, 2.05) is 32.0 Å². The van der Waals surface area contributed by atoms with E-state index in [4.69, 9.17) is 9.84 Å². The van der Waals surface area contributed by atoms with Gasteiger partial charge in [0.2, 0.25) is 0 Å². The summed E-state index contributed by atoms with van der Waals surface area (Å²) in [5.41, 5.74) is 1.30. The molecule has 0 bridgehead atoms. The topological polar surface area (TPSA) is 70.3 Å². The Morgan fingerprint density at radius 1 is 1.43 bits per heavy atom. The molecule has 0 heterocycles. The predicted molar refractivity (Wildman–Crippen MR) is 88.5 cm³/mol. The van der Waals surface area contributed by atoms with Gasteiger partial charge in [-0.1, -0.05) is 12.1 Å². The van der Waals surface area contributed by atoms with Crippen LogP contribution in [0.5, 0.6) is 5.75 Å². The molecule has 0 amide bonds. The van der Waals surface area contributed by atoms with Crippen molar-refractivity contribution in [2.45, 2.75) is 70.3 Å². The molecule has 1 fully saturated rings. The van der Waals surface area contributed by atoms with Gasteiger partial charge in [0.05, 0.1) is 17.6 Å². The molecule has 1 N–H and O–H groups in total. The van der Waals surface area contributed by atoms with Gasteiger partial charge in [-0.15, -0.1) is 0 Å². The van der Waals surface area contributed by atoms with E-state index in [9.17, 15) is 10.1 Å². The number of nitrogens with zero attached hydrogens (tertiary/aromatic N) is 1. The number of hydrogen-bond donors (Lipinski definition) is 1. The van der Waals surface area contributed by atoms with Crippen molar-refractivity contribution in [1.29, 1.82) is 5.26 Å². The minimum Gasteiger partial charge on any atom is -0.490 e. The third-order valence-electron chi connectivity index (χ3n) is 4.74. The van der Waals surface area contributed by atoms with Gasteiger partial charge in [-0.25, -0.2) is 0 Å². The number of carboxylic acid groups (broad SMARTS) is 1. The minimum absolute atomic E-state index is 0.0918. The highest BCUT2D eigenvalue weighted by Crippen LogP contribution is 2.34. The van der Waals surface area contributed by atoms with Crippen molar-refractivity contribution in [3.63, 3.8) is 0 Å². The van der Waals surface area contributed by atoms with E-state index < -0.39 is 11.4 Å². The molecule has 0 spiro atoms. The Morgan fingerprint density at radius 3 is 2.74 bits per heavy atom. The molecule has 1 atom stereocenters. The van der Waals surface area contributed by atoms with Crippen LogP contribution in [0.25, 0.3) is 0 Å². The largest absolute Gasteiger partial charge is 0.490 e. The molecule has 1 aliphatic rings. The molecule has 0 radical (unpaired) electrons. The molecule has 0 aromatic heterocycles. The zero-order chi connectivity index (χ0) is 16.9.